The van der Waals surface area contributed by atoms with Gasteiger partial charge in [-0.3, -0.25) is 0 Å². The van der Waals surface area contributed by atoms with Crippen LogP contribution in [0.4, 0.5) is 0 Å². The van der Waals surface area contributed by atoms with Crippen molar-refractivity contribution in [2.24, 2.45) is 5.92 Å². The van der Waals surface area contributed by atoms with Crippen LogP contribution < -0.4 is 0 Å². The maximum atomic E-state index is 9.03. The maximum Gasteiger partial charge on any atom is 0.0803 e. The minimum atomic E-state index is -0.334. The van der Waals surface area contributed by atoms with Crippen LogP contribution in [0.25, 0.3) is 0 Å². The highest BCUT2D eigenvalue weighted by Gasteiger charge is 2.22. The van der Waals surface area contributed by atoms with Gasteiger partial charge in [-0.25, -0.2) is 0 Å². The zero-order valence-electron chi connectivity index (χ0n) is 6.71. The molecular formula is C8H16O2. The number of hydrogen-bond donors (Lipinski definition) is 1. The maximum absolute atomic E-state index is 9.03. The Balaban J connectivity index is 1.99. The summed E-state index contributed by atoms with van der Waals surface area (Å²) < 4.78 is 5.38. The second-order valence-corrected chi connectivity index (χ2v) is 3.22. The third-order valence-corrected chi connectivity index (χ3v) is 1.97. The Kier molecular flexibility index (Phi) is 2.69. The van der Waals surface area contributed by atoms with E-state index >= 15 is 0 Å². The lowest BCUT2D eigenvalue weighted by molar-refractivity contribution is -0.0222. The van der Waals surface area contributed by atoms with Gasteiger partial charge in [0.1, 0.15) is 0 Å². The van der Waals surface area contributed by atoms with E-state index in [0.717, 1.165) is 12.5 Å². The molecule has 0 heterocycles. The van der Waals surface area contributed by atoms with Crippen molar-refractivity contribution >= 4 is 0 Å². The number of rotatable bonds is 4. The Morgan fingerprint density at radius 3 is 2.50 bits per heavy atom. The third kappa shape index (κ3) is 2.67. The predicted molar refractivity (Wildman–Crippen MR) is 39.8 cm³/mol. The summed E-state index contributed by atoms with van der Waals surface area (Å²) in [4.78, 5) is 0. The highest BCUT2D eigenvalue weighted by molar-refractivity contribution is 4.73. The Morgan fingerprint density at radius 2 is 2.10 bits per heavy atom. The zero-order valence-corrected chi connectivity index (χ0v) is 6.71. The largest absolute Gasteiger partial charge is 0.391 e. The van der Waals surface area contributed by atoms with E-state index in [1.807, 2.05) is 6.92 Å². The van der Waals surface area contributed by atoms with Gasteiger partial charge in [-0.15, -0.1) is 0 Å². The second-order valence-electron chi connectivity index (χ2n) is 3.22. The van der Waals surface area contributed by atoms with Crippen LogP contribution in [0.3, 0.4) is 0 Å². The molecule has 1 unspecified atom stereocenters. The number of aliphatic hydroxyl groups excluding tert-OH is 1. The average molecular weight is 144 g/mol. The zero-order chi connectivity index (χ0) is 7.56. The van der Waals surface area contributed by atoms with Crippen molar-refractivity contribution in [2.75, 3.05) is 6.61 Å². The van der Waals surface area contributed by atoms with Crippen molar-refractivity contribution in [2.45, 2.75) is 38.9 Å². The van der Waals surface area contributed by atoms with Crippen LogP contribution >= 0.6 is 0 Å². The molecule has 1 aliphatic rings. The summed E-state index contributed by atoms with van der Waals surface area (Å²) in [6.45, 7) is 4.51. The molecule has 0 radical (unpaired) electrons. The normalized spacial score (nSPS) is 24.3. The molecule has 1 aliphatic carbocycles. The quantitative estimate of drug-likeness (QED) is 0.642. The monoisotopic (exact) mass is 144 g/mol. The van der Waals surface area contributed by atoms with Crippen LogP contribution in [0.2, 0.25) is 0 Å². The van der Waals surface area contributed by atoms with Crippen LogP contribution in [-0.4, -0.2) is 23.9 Å². The Hall–Kier alpha value is -0.0800. The molecule has 0 aromatic carbocycles. The molecule has 0 aromatic heterocycles. The Bertz CT molecular complexity index is 97.4. The third-order valence-electron chi connectivity index (χ3n) is 1.97. The van der Waals surface area contributed by atoms with E-state index in [2.05, 4.69) is 0 Å². The minimum Gasteiger partial charge on any atom is -0.391 e. The van der Waals surface area contributed by atoms with Gasteiger partial charge in [0.25, 0.3) is 0 Å². The highest BCUT2D eigenvalue weighted by atomic mass is 16.5. The smallest absolute Gasteiger partial charge is 0.0803 e. The van der Waals surface area contributed by atoms with E-state index in [-0.39, 0.29) is 12.2 Å². The first-order valence-corrected chi connectivity index (χ1v) is 4.00. The number of ether oxygens (including phenoxy) is 1. The standard InChI is InChI=1S/C8H16O2/c1-6(9)7(2)10-5-8-3-4-8/h6-9H,3-5H2,1-2H3/t6-,7?/m1/s1. The van der Waals surface area contributed by atoms with E-state index in [9.17, 15) is 0 Å². The molecule has 60 valence electrons. The molecule has 1 rings (SSSR count). The Labute approximate surface area is 62.2 Å². The molecule has 1 N–H and O–H groups in total. The van der Waals surface area contributed by atoms with Crippen LogP contribution in [0.5, 0.6) is 0 Å². The van der Waals surface area contributed by atoms with Crippen molar-refractivity contribution in [1.29, 1.82) is 0 Å². The molecule has 0 spiro atoms. The van der Waals surface area contributed by atoms with Crippen molar-refractivity contribution in [3.8, 4) is 0 Å². The van der Waals surface area contributed by atoms with Crippen LogP contribution in [0, 0.1) is 5.92 Å². The van der Waals surface area contributed by atoms with Crippen LogP contribution in [0.1, 0.15) is 26.7 Å². The summed E-state index contributed by atoms with van der Waals surface area (Å²) in [5, 5.41) is 9.03. The van der Waals surface area contributed by atoms with Crippen LogP contribution in [-0.2, 0) is 4.74 Å². The van der Waals surface area contributed by atoms with E-state index in [4.69, 9.17) is 9.84 Å². The summed E-state index contributed by atoms with van der Waals surface area (Å²) in [7, 11) is 0. The molecule has 10 heavy (non-hydrogen) atoms. The lowest BCUT2D eigenvalue weighted by atomic mass is 10.2. The topological polar surface area (TPSA) is 29.5 Å². The fourth-order valence-corrected chi connectivity index (χ4v) is 0.712. The van der Waals surface area contributed by atoms with Crippen molar-refractivity contribution in [1.82, 2.24) is 0 Å². The molecular weight excluding hydrogens is 128 g/mol. The summed E-state index contributed by atoms with van der Waals surface area (Å²) in [5.74, 6) is 0.793. The first kappa shape index (κ1) is 8.02. The highest BCUT2D eigenvalue weighted by Crippen LogP contribution is 2.29. The van der Waals surface area contributed by atoms with Gasteiger partial charge in [0.05, 0.1) is 12.2 Å². The number of aliphatic hydroxyl groups is 1. The van der Waals surface area contributed by atoms with Gasteiger partial charge >= 0.3 is 0 Å². The Morgan fingerprint density at radius 1 is 1.50 bits per heavy atom. The van der Waals surface area contributed by atoms with Gasteiger partial charge in [-0.05, 0) is 32.6 Å². The predicted octanol–water partition coefficient (Wildman–Crippen LogP) is 1.18. The molecule has 0 saturated heterocycles. The fourth-order valence-electron chi connectivity index (χ4n) is 0.712. The first-order chi connectivity index (χ1) is 4.70. The first-order valence-electron chi connectivity index (χ1n) is 4.00. The molecule has 0 bridgehead atoms. The van der Waals surface area contributed by atoms with Gasteiger partial charge in [0, 0.05) is 6.61 Å². The van der Waals surface area contributed by atoms with E-state index in [0.29, 0.717) is 0 Å². The molecule has 1 saturated carbocycles. The molecule has 1 fully saturated rings. The summed E-state index contributed by atoms with van der Waals surface area (Å²) in [5.41, 5.74) is 0. The molecule has 2 heteroatoms. The van der Waals surface area contributed by atoms with Gasteiger partial charge < -0.3 is 9.84 Å². The van der Waals surface area contributed by atoms with E-state index in [1.165, 1.54) is 12.8 Å². The van der Waals surface area contributed by atoms with E-state index in [1.54, 1.807) is 6.92 Å². The second kappa shape index (κ2) is 3.35. The molecule has 0 amide bonds. The molecule has 0 aromatic rings. The van der Waals surface area contributed by atoms with Gasteiger partial charge in [0.15, 0.2) is 0 Å². The molecule has 0 aliphatic heterocycles. The molecule has 2 atom stereocenters. The van der Waals surface area contributed by atoms with Crippen LogP contribution in [0.15, 0.2) is 0 Å². The summed E-state index contributed by atoms with van der Waals surface area (Å²) in [6, 6.07) is 0. The van der Waals surface area contributed by atoms with Crippen molar-refractivity contribution in [3.63, 3.8) is 0 Å². The van der Waals surface area contributed by atoms with Gasteiger partial charge in [0.2, 0.25) is 0 Å². The number of hydrogen-bond acceptors (Lipinski definition) is 2. The summed E-state index contributed by atoms with van der Waals surface area (Å²) >= 11 is 0. The SMILES string of the molecule is CC(OCC1CC1)[C@@H](C)O. The minimum absolute atomic E-state index is 0.000556. The lowest BCUT2D eigenvalue weighted by Crippen LogP contribution is -2.23. The van der Waals surface area contributed by atoms with Gasteiger partial charge in [-0.1, -0.05) is 0 Å². The molecule has 2 nitrogen and oxygen atoms in total. The average Bonchev–Trinajstić information content (AvgIpc) is 2.64. The van der Waals surface area contributed by atoms with E-state index < -0.39 is 0 Å². The summed E-state index contributed by atoms with van der Waals surface area (Å²) in [6.07, 6.45) is 2.29. The lowest BCUT2D eigenvalue weighted by Gasteiger charge is -2.14. The fraction of sp³-hybridized carbons (Fsp3) is 1.00. The van der Waals surface area contributed by atoms with Gasteiger partial charge in [-0.2, -0.15) is 0 Å². The van der Waals surface area contributed by atoms with Crippen molar-refractivity contribution < 1.29 is 9.84 Å². The van der Waals surface area contributed by atoms with Crippen molar-refractivity contribution in [3.05, 3.63) is 0 Å².